The minimum Gasteiger partial charge on any atom is -0.489 e. The first-order chi connectivity index (χ1) is 16.9. The molecule has 0 spiro atoms. The summed E-state index contributed by atoms with van der Waals surface area (Å²) in [6, 6.07) is 14.8. The molecule has 184 valence electrons. The van der Waals surface area contributed by atoms with Crippen LogP contribution in [0.5, 0.6) is 0 Å². The van der Waals surface area contributed by atoms with E-state index in [4.69, 9.17) is 9.47 Å². The maximum Gasteiger partial charge on any atom is 0.234 e. The monoisotopic (exact) mass is 482 g/mol. The van der Waals surface area contributed by atoms with Crippen LogP contribution in [0, 0.1) is 5.41 Å². The van der Waals surface area contributed by atoms with Crippen molar-refractivity contribution in [2.24, 2.45) is 5.41 Å². The molecule has 36 heavy (non-hydrogen) atoms. The zero-order chi connectivity index (χ0) is 26.0. The van der Waals surface area contributed by atoms with E-state index < -0.39 is 17.0 Å². The molecule has 4 aliphatic rings. The normalized spacial score (nSPS) is 23.0. The zero-order valence-corrected chi connectivity index (χ0v) is 21.4. The fraction of sp³-hybridized carbons (Fsp3) is 0.323. The van der Waals surface area contributed by atoms with E-state index in [0.717, 1.165) is 35.3 Å². The third-order valence-electron chi connectivity index (χ3n) is 7.72. The van der Waals surface area contributed by atoms with Crippen molar-refractivity contribution in [2.75, 3.05) is 0 Å². The molecular formula is C31H30O5. The quantitative estimate of drug-likeness (QED) is 0.323. The molecule has 5 heteroatoms. The molecule has 2 aliphatic carbocycles. The Morgan fingerprint density at radius 2 is 1.31 bits per heavy atom. The molecule has 2 aromatic rings. The number of benzene rings is 2. The molecule has 2 aromatic carbocycles. The molecule has 2 aliphatic heterocycles. The third-order valence-corrected chi connectivity index (χ3v) is 7.72. The predicted octanol–water partition coefficient (Wildman–Crippen LogP) is 6.35. The zero-order valence-electron chi connectivity index (χ0n) is 21.4. The molecule has 0 bridgehead atoms. The number of carbonyl (C=O) groups excluding carboxylic acids is 3. The number of Topliss-reactive ketones (excluding diaryl/α,β-unsaturated/α-hetero) is 3. The first-order valence-corrected chi connectivity index (χ1v) is 12.3. The van der Waals surface area contributed by atoms with Gasteiger partial charge in [0, 0.05) is 38.8 Å². The van der Waals surface area contributed by atoms with Gasteiger partial charge in [-0.25, -0.2) is 0 Å². The van der Waals surface area contributed by atoms with Crippen LogP contribution in [0.4, 0.5) is 0 Å². The van der Waals surface area contributed by atoms with Gasteiger partial charge in [-0.2, -0.15) is 0 Å². The second-order valence-electron chi connectivity index (χ2n) is 10.9. The highest BCUT2D eigenvalue weighted by Crippen LogP contribution is 2.49. The highest BCUT2D eigenvalue weighted by Gasteiger charge is 2.49. The number of fused-ring (bicyclic) bond motifs is 4. The van der Waals surface area contributed by atoms with Gasteiger partial charge in [0.1, 0.15) is 23.2 Å². The van der Waals surface area contributed by atoms with E-state index in [0.29, 0.717) is 28.0 Å². The average Bonchev–Trinajstić information content (AvgIpc) is 3.09. The van der Waals surface area contributed by atoms with Gasteiger partial charge in [-0.3, -0.25) is 14.4 Å². The number of ketones is 3. The van der Waals surface area contributed by atoms with Gasteiger partial charge in [0.2, 0.25) is 11.6 Å². The van der Waals surface area contributed by atoms with E-state index in [1.54, 1.807) is 12.1 Å². The number of allylic oxidation sites excluding steroid dienone is 2. The Hall–Kier alpha value is -3.73. The first-order valence-electron chi connectivity index (χ1n) is 12.3. The van der Waals surface area contributed by atoms with Crippen molar-refractivity contribution < 1.29 is 23.9 Å². The summed E-state index contributed by atoms with van der Waals surface area (Å²) in [4.78, 5) is 36.6. The van der Waals surface area contributed by atoms with Crippen molar-refractivity contribution >= 4 is 28.9 Å². The predicted molar refractivity (Wildman–Crippen MR) is 138 cm³/mol. The molecule has 2 heterocycles. The van der Waals surface area contributed by atoms with Crippen molar-refractivity contribution in [1.82, 2.24) is 0 Å². The summed E-state index contributed by atoms with van der Waals surface area (Å²) < 4.78 is 11.9. The molecule has 1 atom stereocenters. The molecule has 0 radical (unpaired) electrons. The highest BCUT2D eigenvalue weighted by molar-refractivity contribution is 6.52. The van der Waals surface area contributed by atoms with Crippen LogP contribution < -0.4 is 0 Å². The van der Waals surface area contributed by atoms with Crippen molar-refractivity contribution in [2.45, 2.75) is 59.2 Å². The van der Waals surface area contributed by atoms with Gasteiger partial charge in [-0.05, 0) is 33.6 Å². The topological polar surface area (TPSA) is 69.7 Å². The summed E-state index contributed by atoms with van der Waals surface area (Å²) in [6.45, 7) is 13.9. The minimum atomic E-state index is -0.421. The first kappa shape index (κ1) is 24.0. The summed E-state index contributed by atoms with van der Waals surface area (Å²) in [5.41, 5.74) is 4.33. The molecule has 0 aromatic heterocycles. The van der Waals surface area contributed by atoms with E-state index in [1.807, 2.05) is 57.2 Å². The van der Waals surface area contributed by atoms with Crippen LogP contribution in [0.25, 0.3) is 11.5 Å². The van der Waals surface area contributed by atoms with Gasteiger partial charge in [0.25, 0.3) is 0 Å². The summed E-state index contributed by atoms with van der Waals surface area (Å²) in [5, 5.41) is 0. The molecular weight excluding hydrogens is 452 g/mol. The standard InChI is InChI=1S/C16H16O2.C15H14O3/c1-10-11-8-9-16(2,3)18-15(11)13-7-5-4-6-12(13)14(10)17;1-8-15(2,3)11-13(17)12(16)9-6-4-5-7-10(9)14(11)18-8/h4-7H,1,8-9H2,2-3H3;4-8H,1-3H3. The second-order valence-corrected chi connectivity index (χ2v) is 10.9. The number of ether oxygens (including phenoxy) is 2. The number of carbonyl (C=O) groups is 3. The van der Waals surface area contributed by atoms with E-state index in [-0.39, 0.29) is 17.5 Å². The van der Waals surface area contributed by atoms with Crippen molar-refractivity contribution in [3.63, 3.8) is 0 Å². The van der Waals surface area contributed by atoms with Gasteiger partial charge in [-0.15, -0.1) is 0 Å². The minimum absolute atomic E-state index is 0.0349. The van der Waals surface area contributed by atoms with E-state index in [9.17, 15) is 14.4 Å². The average molecular weight is 483 g/mol. The molecule has 0 saturated heterocycles. The largest absolute Gasteiger partial charge is 0.489 e. The number of hydrogen-bond donors (Lipinski definition) is 0. The molecule has 6 rings (SSSR count). The molecule has 1 unspecified atom stereocenters. The Morgan fingerprint density at radius 1 is 0.778 bits per heavy atom. The lowest BCUT2D eigenvalue weighted by atomic mass is 9.74. The molecule has 0 N–H and O–H groups in total. The number of hydrogen-bond acceptors (Lipinski definition) is 5. The summed E-state index contributed by atoms with van der Waals surface area (Å²) in [7, 11) is 0. The summed E-state index contributed by atoms with van der Waals surface area (Å²) >= 11 is 0. The third kappa shape index (κ3) is 3.57. The Morgan fingerprint density at radius 3 is 1.92 bits per heavy atom. The van der Waals surface area contributed by atoms with E-state index in [1.165, 1.54) is 0 Å². The van der Waals surface area contributed by atoms with Crippen LogP contribution in [-0.4, -0.2) is 29.1 Å². The fourth-order valence-corrected chi connectivity index (χ4v) is 5.20. The molecule has 0 saturated carbocycles. The second kappa shape index (κ2) is 8.16. The number of rotatable bonds is 0. The van der Waals surface area contributed by atoms with Gasteiger partial charge in [0.15, 0.2) is 5.78 Å². The lowest BCUT2D eigenvalue weighted by Crippen LogP contribution is -2.32. The van der Waals surface area contributed by atoms with Crippen LogP contribution in [0.1, 0.15) is 79.3 Å². The lowest BCUT2D eigenvalue weighted by Gasteiger charge is -2.37. The smallest absolute Gasteiger partial charge is 0.234 e. The maximum atomic E-state index is 12.2. The Labute approximate surface area is 211 Å². The summed E-state index contributed by atoms with van der Waals surface area (Å²) in [5.74, 6) is 0.639. The lowest BCUT2D eigenvalue weighted by molar-refractivity contribution is -0.112. The van der Waals surface area contributed by atoms with E-state index >= 15 is 0 Å². The van der Waals surface area contributed by atoms with Gasteiger partial charge < -0.3 is 9.47 Å². The van der Waals surface area contributed by atoms with Crippen LogP contribution in [0.2, 0.25) is 0 Å². The highest BCUT2D eigenvalue weighted by atomic mass is 16.5. The SMILES string of the molecule is C=C1C(=O)c2ccccc2C2=C1CCC(C)(C)O2.CC1OC2=C(C(=O)C(=O)c3ccccc32)C1(C)C. The molecule has 5 nitrogen and oxygen atoms in total. The van der Waals surface area contributed by atoms with Crippen molar-refractivity contribution in [1.29, 1.82) is 0 Å². The summed E-state index contributed by atoms with van der Waals surface area (Å²) in [6.07, 6.45) is 1.67. The van der Waals surface area contributed by atoms with Gasteiger partial charge in [0.05, 0.1) is 5.57 Å². The van der Waals surface area contributed by atoms with Crippen molar-refractivity contribution in [3.05, 3.63) is 94.1 Å². The van der Waals surface area contributed by atoms with Crippen molar-refractivity contribution in [3.8, 4) is 0 Å². The Kier molecular flexibility index (Phi) is 5.43. The maximum absolute atomic E-state index is 12.2. The Balaban J connectivity index is 0.000000148. The molecule has 0 fully saturated rings. The Bertz CT molecular complexity index is 1420. The van der Waals surface area contributed by atoms with Crippen LogP contribution in [0.3, 0.4) is 0 Å². The van der Waals surface area contributed by atoms with Gasteiger partial charge >= 0.3 is 0 Å². The van der Waals surface area contributed by atoms with E-state index in [2.05, 4.69) is 20.4 Å². The van der Waals surface area contributed by atoms with Gasteiger partial charge in [-0.1, -0.05) is 69.0 Å². The van der Waals surface area contributed by atoms with Crippen LogP contribution in [-0.2, 0) is 14.3 Å². The fourth-order valence-electron chi connectivity index (χ4n) is 5.20. The molecule has 0 amide bonds. The van der Waals surface area contributed by atoms with Crippen LogP contribution >= 0.6 is 0 Å². The van der Waals surface area contributed by atoms with Crippen LogP contribution in [0.15, 0.2) is 71.8 Å².